The first-order valence-corrected chi connectivity index (χ1v) is 7.67. The summed E-state index contributed by atoms with van der Waals surface area (Å²) in [5.41, 5.74) is 3.28. The molecule has 20 heavy (non-hydrogen) atoms. The van der Waals surface area contributed by atoms with Crippen molar-refractivity contribution in [2.45, 2.75) is 25.3 Å². The number of alkyl halides is 1. The van der Waals surface area contributed by atoms with Crippen LogP contribution < -0.4 is 9.47 Å². The summed E-state index contributed by atoms with van der Waals surface area (Å²) in [6.45, 7) is 2.57. The summed E-state index contributed by atoms with van der Waals surface area (Å²) < 4.78 is 13.1. The van der Waals surface area contributed by atoms with Crippen LogP contribution in [0.2, 0.25) is 0 Å². The van der Waals surface area contributed by atoms with E-state index >= 15 is 0 Å². The van der Waals surface area contributed by atoms with Crippen molar-refractivity contribution in [2.75, 3.05) is 7.11 Å². The summed E-state index contributed by atoms with van der Waals surface area (Å²) >= 11 is 3.45. The van der Waals surface area contributed by atoms with Gasteiger partial charge in [-0.25, -0.2) is 0 Å². The Morgan fingerprint density at radius 3 is 2.65 bits per heavy atom. The molecule has 0 spiro atoms. The van der Waals surface area contributed by atoms with Gasteiger partial charge in [0.25, 0.3) is 0 Å². The van der Waals surface area contributed by atoms with E-state index in [1.807, 2.05) is 29.9 Å². The molecular formula is C15H19BrN2O2. The van der Waals surface area contributed by atoms with Gasteiger partial charge in [0.2, 0.25) is 0 Å². The van der Waals surface area contributed by atoms with Crippen molar-refractivity contribution in [3.63, 3.8) is 0 Å². The number of ether oxygens (including phenoxy) is 2. The van der Waals surface area contributed by atoms with E-state index in [0.29, 0.717) is 6.61 Å². The van der Waals surface area contributed by atoms with E-state index in [9.17, 15) is 0 Å². The largest absolute Gasteiger partial charge is 0.493 e. The first-order chi connectivity index (χ1) is 9.67. The van der Waals surface area contributed by atoms with E-state index < -0.39 is 0 Å². The highest BCUT2D eigenvalue weighted by molar-refractivity contribution is 9.08. The molecule has 1 heterocycles. The van der Waals surface area contributed by atoms with Crippen LogP contribution in [0, 0.1) is 0 Å². The second-order valence-corrected chi connectivity index (χ2v) is 5.07. The van der Waals surface area contributed by atoms with Crippen molar-refractivity contribution in [1.82, 2.24) is 9.78 Å². The Hall–Kier alpha value is -1.49. The van der Waals surface area contributed by atoms with Gasteiger partial charge in [-0.1, -0.05) is 28.9 Å². The van der Waals surface area contributed by atoms with Crippen LogP contribution in [-0.4, -0.2) is 16.9 Å². The van der Waals surface area contributed by atoms with Gasteiger partial charge in [0, 0.05) is 12.4 Å². The highest BCUT2D eigenvalue weighted by atomic mass is 79.9. The van der Waals surface area contributed by atoms with Gasteiger partial charge < -0.3 is 9.47 Å². The molecule has 0 aliphatic rings. The number of hydrogen-bond donors (Lipinski definition) is 0. The van der Waals surface area contributed by atoms with Gasteiger partial charge in [-0.2, -0.15) is 5.10 Å². The maximum Gasteiger partial charge on any atom is 0.162 e. The summed E-state index contributed by atoms with van der Waals surface area (Å²) in [5.74, 6) is 1.50. The Balaban J connectivity index is 2.14. The predicted molar refractivity (Wildman–Crippen MR) is 82.5 cm³/mol. The lowest BCUT2D eigenvalue weighted by Gasteiger charge is -2.11. The fourth-order valence-corrected chi connectivity index (χ4v) is 2.30. The van der Waals surface area contributed by atoms with Crippen LogP contribution in [0.3, 0.4) is 0 Å². The molecule has 0 aliphatic carbocycles. The molecule has 0 unspecified atom stereocenters. The highest BCUT2D eigenvalue weighted by Gasteiger charge is 2.09. The minimum atomic E-state index is 0.478. The zero-order valence-electron chi connectivity index (χ0n) is 12.0. The van der Waals surface area contributed by atoms with Crippen LogP contribution in [0.5, 0.6) is 11.5 Å². The van der Waals surface area contributed by atoms with Gasteiger partial charge in [-0.05, 0) is 30.2 Å². The molecule has 0 saturated heterocycles. The molecule has 0 amide bonds. The van der Waals surface area contributed by atoms with Crippen LogP contribution in [0.15, 0.2) is 24.3 Å². The van der Waals surface area contributed by atoms with Gasteiger partial charge in [0.05, 0.1) is 18.5 Å². The molecule has 0 N–H and O–H groups in total. The molecule has 0 bridgehead atoms. The number of aromatic nitrogens is 2. The van der Waals surface area contributed by atoms with Gasteiger partial charge >= 0.3 is 0 Å². The SMILES string of the molecule is CCc1cc(COc2cc(CBr)ccc2OC)n(C)n1. The maximum absolute atomic E-state index is 5.89. The van der Waals surface area contributed by atoms with Crippen molar-refractivity contribution < 1.29 is 9.47 Å². The first kappa shape index (κ1) is 14.9. The monoisotopic (exact) mass is 338 g/mol. The molecular weight excluding hydrogens is 320 g/mol. The van der Waals surface area contributed by atoms with E-state index in [1.54, 1.807) is 7.11 Å². The Morgan fingerprint density at radius 2 is 2.05 bits per heavy atom. The van der Waals surface area contributed by atoms with Crippen molar-refractivity contribution in [1.29, 1.82) is 0 Å². The van der Waals surface area contributed by atoms with E-state index in [4.69, 9.17) is 9.47 Å². The normalized spacial score (nSPS) is 10.6. The molecule has 5 heteroatoms. The molecule has 0 radical (unpaired) electrons. The van der Waals surface area contributed by atoms with Crippen molar-refractivity contribution in [3.05, 3.63) is 41.2 Å². The van der Waals surface area contributed by atoms with Gasteiger partial charge in [0.15, 0.2) is 11.5 Å². The molecule has 1 aromatic carbocycles. The molecule has 0 aliphatic heterocycles. The predicted octanol–water partition coefficient (Wildman–Crippen LogP) is 3.47. The Bertz CT molecular complexity index is 581. The zero-order valence-corrected chi connectivity index (χ0v) is 13.6. The number of benzene rings is 1. The lowest BCUT2D eigenvalue weighted by molar-refractivity contribution is 0.275. The second-order valence-electron chi connectivity index (χ2n) is 4.51. The summed E-state index contributed by atoms with van der Waals surface area (Å²) in [6.07, 6.45) is 0.927. The number of halogens is 1. The summed E-state index contributed by atoms with van der Waals surface area (Å²) in [7, 11) is 3.58. The van der Waals surface area contributed by atoms with Crippen LogP contribution in [0.25, 0.3) is 0 Å². The zero-order chi connectivity index (χ0) is 14.5. The number of rotatable bonds is 6. The third kappa shape index (κ3) is 3.33. The Labute approximate surface area is 127 Å². The molecule has 4 nitrogen and oxygen atoms in total. The van der Waals surface area contributed by atoms with Crippen LogP contribution >= 0.6 is 15.9 Å². The average Bonchev–Trinajstić information content (AvgIpc) is 2.85. The molecule has 2 rings (SSSR count). The molecule has 0 fully saturated rings. The maximum atomic E-state index is 5.89. The van der Waals surface area contributed by atoms with Crippen molar-refractivity contribution in [2.24, 2.45) is 7.05 Å². The number of hydrogen-bond acceptors (Lipinski definition) is 3. The van der Waals surface area contributed by atoms with Crippen molar-refractivity contribution >= 4 is 15.9 Å². The van der Waals surface area contributed by atoms with Gasteiger partial charge in [-0.3, -0.25) is 4.68 Å². The van der Waals surface area contributed by atoms with Crippen LogP contribution in [0.4, 0.5) is 0 Å². The third-order valence-electron chi connectivity index (χ3n) is 3.15. The standard InChI is InChI=1S/C15H19BrN2O2/c1-4-12-8-13(18(2)17-12)10-20-15-7-11(9-16)5-6-14(15)19-3/h5-8H,4,9-10H2,1-3H3. The molecule has 2 aromatic rings. The van der Waals surface area contributed by atoms with Crippen LogP contribution in [0.1, 0.15) is 23.9 Å². The molecule has 0 atom stereocenters. The average molecular weight is 339 g/mol. The minimum absolute atomic E-state index is 0.478. The van der Waals surface area contributed by atoms with E-state index in [-0.39, 0.29) is 0 Å². The minimum Gasteiger partial charge on any atom is -0.493 e. The van der Waals surface area contributed by atoms with E-state index in [0.717, 1.165) is 40.2 Å². The highest BCUT2D eigenvalue weighted by Crippen LogP contribution is 2.29. The van der Waals surface area contributed by atoms with E-state index in [1.165, 1.54) is 0 Å². The second kappa shape index (κ2) is 6.79. The van der Waals surface area contributed by atoms with Gasteiger partial charge in [0.1, 0.15) is 6.61 Å². The van der Waals surface area contributed by atoms with Gasteiger partial charge in [-0.15, -0.1) is 0 Å². The molecule has 1 aromatic heterocycles. The molecule has 0 saturated carbocycles. The Morgan fingerprint density at radius 1 is 1.25 bits per heavy atom. The summed E-state index contributed by atoms with van der Waals surface area (Å²) in [4.78, 5) is 0. The lowest BCUT2D eigenvalue weighted by atomic mass is 10.2. The van der Waals surface area contributed by atoms with Crippen molar-refractivity contribution in [3.8, 4) is 11.5 Å². The number of methoxy groups -OCH3 is 1. The third-order valence-corrected chi connectivity index (χ3v) is 3.79. The fraction of sp³-hybridized carbons (Fsp3) is 0.400. The van der Waals surface area contributed by atoms with E-state index in [2.05, 4.69) is 34.0 Å². The lowest BCUT2D eigenvalue weighted by Crippen LogP contribution is -2.04. The number of nitrogens with zero attached hydrogens (tertiary/aromatic N) is 2. The summed E-state index contributed by atoms with van der Waals surface area (Å²) in [5, 5.41) is 5.21. The number of aryl methyl sites for hydroxylation is 2. The Kier molecular flexibility index (Phi) is 5.06. The summed E-state index contributed by atoms with van der Waals surface area (Å²) in [6, 6.07) is 8.00. The fourth-order valence-electron chi connectivity index (χ4n) is 1.95. The molecule has 108 valence electrons. The topological polar surface area (TPSA) is 36.3 Å². The quantitative estimate of drug-likeness (QED) is 0.756. The smallest absolute Gasteiger partial charge is 0.162 e. The van der Waals surface area contributed by atoms with Crippen LogP contribution in [-0.2, 0) is 25.4 Å². The first-order valence-electron chi connectivity index (χ1n) is 6.55.